The highest BCUT2D eigenvalue weighted by molar-refractivity contribution is 5.94. The topological polar surface area (TPSA) is 67.4 Å². The molecule has 1 saturated heterocycles. The molecule has 0 aliphatic carbocycles. The van der Waals surface area contributed by atoms with Gasteiger partial charge in [0.2, 0.25) is 0 Å². The fourth-order valence-electron chi connectivity index (χ4n) is 2.40. The number of aromatic nitrogens is 2. The van der Waals surface area contributed by atoms with E-state index >= 15 is 0 Å². The van der Waals surface area contributed by atoms with Crippen molar-refractivity contribution < 1.29 is 4.79 Å². The Balaban J connectivity index is 1.98. The van der Waals surface area contributed by atoms with Gasteiger partial charge in [-0.25, -0.2) is 4.79 Å². The Hall–Kier alpha value is -2.50. The van der Waals surface area contributed by atoms with Gasteiger partial charge in [0.05, 0.1) is 6.20 Å². The lowest BCUT2D eigenvalue weighted by atomic mass is 10.1. The van der Waals surface area contributed by atoms with Crippen molar-refractivity contribution in [3.05, 3.63) is 30.5 Å². The summed E-state index contributed by atoms with van der Waals surface area (Å²) < 4.78 is 1.64. The molecule has 1 fully saturated rings. The van der Waals surface area contributed by atoms with Crippen molar-refractivity contribution in [3.63, 3.8) is 0 Å². The number of hydrogen-bond donors (Lipinski definition) is 1. The zero-order chi connectivity index (χ0) is 14.3. The summed E-state index contributed by atoms with van der Waals surface area (Å²) in [6.45, 7) is 1.46. The lowest BCUT2D eigenvalue weighted by molar-refractivity contribution is 0.229. The van der Waals surface area contributed by atoms with Crippen molar-refractivity contribution in [1.29, 1.82) is 0 Å². The maximum Gasteiger partial charge on any atom is 0.324 e. The second-order valence-electron chi connectivity index (χ2n) is 4.97. The van der Waals surface area contributed by atoms with Crippen LogP contribution < -0.4 is 10.6 Å². The number of aryl methyl sites for hydroxylation is 1. The Morgan fingerprint density at radius 3 is 2.65 bits per heavy atom. The standard InChI is InChI=1S/C14H17N5O/c1-17-6-7-19(14(17)20)11-5-3-4-10(8-11)12-9-16-18(2)13(12)15/h3-5,8-9H,6-7,15H2,1-2H3. The van der Waals surface area contributed by atoms with E-state index in [1.54, 1.807) is 20.7 Å². The monoisotopic (exact) mass is 271 g/mol. The van der Waals surface area contributed by atoms with E-state index in [1.807, 2.05) is 38.4 Å². The van der Waals surface area contributed by atoms with E-state index in [0.29, 0.717) is 12.4 Å². The predicted molar refractivity (Wildman–Crippen MR) is 78.4 cm³/mol. The van der Waals surface area contributed by atoms with Crippen molar-refractivity contribution >= 4 is 17.5 Å². The number of carbonyl (C=O) groups is 1. The minimum atomic E-state index is 0.0290. The molecular formula is C14H17N5O. The molecule has 3 rings (SSSR count). The highest BCUT2D eigenvalue weighted by Gasteiger charge is 2.26. The molecule has 6 nitrogen and oxygen atoms in total. The van der Waals surface area contributed by atoms with Crippen molar-refractivity contribution in [3.8, 4) is 11.1 Å². The highest BCUT2D eigenvalue weighted by atomic mass is 16.2. The number of nitrogens with two attached hydrogens (primary N) is 1. The number of nitrogens with zero attached hydrogens (tertiary/aromatic N) is 4. The van der Waals surface area contributed by atoms with Crippen LogP contribution in [0.3, 0.4) is 0 Å². The third kappa shape index (κ3) is 1.89. The molecule has 2 aromatic rings. The van der Waals surface area contributed by atoms with Crippen LogP contribution in [0.2, 0.25) is 0 Å². The summed E-state index contributed by atoms with van der Waals surface area (Å²) >= 11 is 0. The van der Waals surface area contributed by atoms with Crippen LogP contribution in [0.1, 0.15) is 0 Å². The van der Waals surface area contributed by atoms with Gasteiger partial charge in [-0.3, -0.25) is 9.58 Å². The Labute approximate surface area is 117 Å². The van der Waals surface area contributed by atoms with Gasteiger partial charge in [-0.1, -0.05) is 12.1 Å². The molecule has 2 N–H and O–H groups in total. The van der Waals surface area contributed by atoms with Gasteiger partial charge >= 0.3 is 6.03 Å². The summed E-state index contributed by atoms with van der Waals surface area (Å²) in [5.74, 6) is 0.618. The Morgan fingerprint density at radius 2 is 2.05 bits per heavy atom. The maximum absolute atomic E-state index is 12.0. The third-order valence-electron chi connectivity index (χ3n) is 3.67. The van der Waals surface area contributed by atoms with E-state index in [1.165, 1.54) is 0 Å². The lowest BCUT2D eigenvalue weighted by Gasteiger charge is -2.16. The molecule has 2 heterocycles. The predicted octanol–water partition coefficient (Wildman–Crippen LogP) is 1.54. The maximum atomic E-state index is 12.0. The summed E-state index contributed by atoms with van der Waals surface area (Å²) in [6.07, 6.45) is 1.74. The van der Waals surface area contributed by atoms with Crippen molar-refractivity contribution in [2.24, 2.45) is 7.05 Å². The van der Waals surface area contributed by atoms with Gasteiger partial charge < -0.3 is 10.6 Å². The largest absolute Gasteiger partial charge is 0.383 e. The number of carbonyl (C=O) groups excluding carboxylic acids is 1. The number of urea groups is 1. The van der Waals surface area contributed by atoms with E-state index in [2.05, 4.69) is 5.10 Å². The normalized spacial score (nSPS) is 15.2. The Bertz CT molecular complexity index is 663. The van der Waals surface area contributed by atoms with Gasteiger partial charge in [0.15, 0.2) is 0 Å². The van der Waals surface area contributed by atoms with Gasteiger partial charge in [0.1, 0.15) is 5.82 Å². The first-order valence-corrected chi connectivity index (χ1v) is 6.48. The Morgan fingerprint density at radius 1 is 1.25 bits per heavy atom. The van der Waals surface area contributed by atoms with Crippen molar-refractivity contribution in [1.82, 2.24) is 14.7 Å². The molecule has 0 atom stereocenters. The molecule has 0 saturated carbocycles. The quantitative estimate of drug-likeness (QED) is 0.901. The number of amides is 2. The molecular weight excluding hydrogens is 254 g/mol. The fraction of sp³-hybridized carbons (Fsp3) is 0.286. The lowest BCUT2D eigenvalue weighted by Crippen LogP contribution is -2.29. The fourth-order valence-corrected chi connectivity index (χ4v) is 2.40. The van der Waals surface area contributed by atoms with Gasteiger partial charge in [-0.15, -0.1) is 0 Å². The van der Waals surface area contributed by atoms with E-state index in [-0.39, 0.29) is 6.03 Å². The number of rotatable bonds is 2. The minimum Gasteiger partial charge on any atom is -0.383 e. The molecule has 0 bridgehead atoms. The second-order valence-corrected chi connectivity index (χ2v) is 4.97. The summed E-state index contributed by atoms with van der Waals surface area (Å²) in [4.78, 5) is 15.5. The van der Waals surface area contributed by atoms with Crippen LogP contribution in [0, 0.1) is 0 Å². The molecule has 0 spiro atoms. The van der Waals surface area contributed by atoms with E-state index in [4.69, 9.17) is 5.73 Å². The van der Waals surface area contributed by atoms with Crippen LogP contribution in [0.5, 0.6) is 0 Å². The Kier molecular flexibility index (Phi) is 2.85. The number of anilines is 2. The SMILES string of the molecule is CN1CCN(c2cccc(-c3cnn(C)c3N)c2)C1=O. The van der Waals surface area contributed by atoms with E-state index < -0.39 is 0 Å². The first-order chi connectivity index (χ1) is 9.58. The minimum absolute atomic E-state index is 0.0290. The molecule has 104 valence electrons. The van der Waals surface area contributed by atoms with E-state index in [0.717, 1.165) is 23.4 Å². The smallest absolute Gasteiger partial charge is 0.324 e. The molecule has 20 heavy (non-hydrogen) atoms. The first kappa shape index (κ1) is 12.5. The molecule has 6 heteroatoms. The third-order valence-corrected chi connectivity index (χ3v) is 3.67. The summed E-state index contributed by atoms with van der Waals surface area (Å²) in [5, 5.41) is 4.15. The van der Waals surface area contributed by atoms with Crippen LogP contribution in [-0.2, 0) is 7.05 Å². The van der Waals surface area contributed by atoms with Crippen LogP contribution in [0.25, 0.3) is 11.1 Å². The zero-order valence-electron chi connectivity index (χ0n) is 11.6. The molecule has 1 aliphatic rings. The molecule has 0 radical (unpaired) electrons. The second kappa shape index (κ2) is 4.56. The number of benzene rings is 1. The van der Waals surface area contributed by atoms with Crippen LogP contribution >= 0.6 is 0 Å². The van der Waals surface area contributed by atoms with Gasteiger partial charge in [-0.2, -0.15) is 5.10 Å². The molecule has 1 aliphatic heterocycles. The summed E-state index contributed by atoms with van der Waals surface area (Å²) in [6, 6.07) is 7.85. The van der Waals surface area contributed by atoms with Gasteiger partial charge in [0, 0.05) is 38.4 Å². The number of likely N-dealkylation sites (N-methyl/N-ethyl adjacent to an activating group) is 1. The summed E-state index contributed by atoms with van der Waals surface area (Å²) in [5.41, 5.74) is 8.74. The summed E-state index contributed by atoms with van der Waals surface area (Å²) in [7, 11) is 3.62. The van der Waals surface area contributed by atoms with Crippen molar-refractivity contribution in [2.75, 3.05) is 30.8 Å². The van der Waals surface area contributed by atoms with Crippen LogP contribution in [0.15, 0.2) is 30.5 Å². The van der Waals surface area contributed by atoms with Crippen molar-refractivity contribution in [2.45, 2.75) is 0 Å². The average Bonchev–Trinajstić information content (AvgIpc) is 2.95. The van der Waals surface area contributed by atoms with Gasteiger partial charge in [0.25, 0.3) is 0 Å². The van der Waals surface area contributed by atoms with Crippen LogP contribution in [0.4, 0.5) is 16.3 Å². The van der Waals surface area contributed by atoms with Gasteiger partial charge in [-0.05, 0) is 17.7 Å². The average molecular weight is 271 g/mol. The molecule has 1 aromatic carbocycles. The first-order valence-electron chi connectivity index (χ1n) is 6.48. The molecule has 2 amide bonds. The van der Waals surface area contributed by atoms with E-state index in [9.17, 15) is 4.79 Å². The number of hydrogen-bond acceptors (Lipinski definition) is 3. The highest BCUT2D eigenvalue weighted by Crippen LogP contribution is 2.29. The zero-order valence-corrected chi connectivity index (χ0v) is 11.6. The number of nitrogen functional groups attached to an aromatic ring is 1. The molecule has 1 aromatic heterocycles. The molecule has 0 unspecified atom stereocenters. The van der Waals surface area contributed by atoms with Crippen LogP contribution in [-0.4, -0.2) is 40.8 Å².